The summed E-state index contributed by atoms with van der Waals surface area (Å²) >= 11 is 0. The van der Waals surface area contributed by atoms with Gasteiger partial charge in [0.15, 0.2) is 12.3 Å². The van der Waals surface area contributed by atoms with Crippen molar-refractivity contribution in [3.05, 3.63) is 23.7 Å². The largest absolute Gasteiger partial charge is 0.433 e. The van der Waals surface area contributed by atoms with Gasteiger partial charge in [-0.05, 0) is 62.4 Å². The molecule has 0 bridgehead atoms. The quantitative estimate of drug-likeness (QED) is 0.497. The van der Waals surface area contributed by atoms with E-state index in [0.717, 1.165) is 18.8 Å². The molecule has 2 fully saturated rings. The fraction of sp³-hybridized carbons (Fsp3) is 0.800. The topological polar surface area (TPSA) is 9.23 Å². The van der Waals surface area contributed by atoms with Gasteiger partial charge in [0.25, 0.3) is 0 Å². The maximum atomic E-state index is 14.4. The van der Waals surface area contributed by atoms with Crippen LogP contribution in [0.3, 0.4) is 0 Å². The van der Waals surface area contributed by atoms with Gasteiger partial charge in [-0.2, -0.15) is 8.78 Å². The molecule has 0 heterocycles. The van der Waals surface area contributed by atoms with E-state index >= 15 is 0 Å². The van der Waals surface area contributed by atoms with E-state index in [9.17, 15) is 22.0 Å². The van der Waals surface area contributed by atoms with Crippen LogP contribution in [0.2, 0.25) is 0 Å². The van der Waals surface area contributed by atoms with Crippen molar-refractivity contribution in [2.24, 2.45) is 23.7 Å². The van der Waals surface area contributed by atoms with Gasteiger partial charge in [0, 0.05) is 6.08 Å². The highest BCUT2D eigenvalue weighted by atomic mass is 19.3. The first-order valence-corrected chi connectivity index (χ1v) is 9.70. The molecule has 0 aliphatic heterocycles. The lowest BCUT2D eigenvalue weighted by atomic mass is 9.69. The van der Waals surface area contributed by atoms with Crippen LogP contribution in [0.5, 0.6) is 0 Å². The lowest BCUT2D eigenvalue weighted by molar-refractivity contribution is -0.255. The van der Waals surface area contributed by atoms with Crippen LogP contribution in [0.1, 0.15) is 58.3 Å². The zero-order valence-corrected chi connectivity index (χ0v) is 15.1. The zero-order valence-electron chi connectivity index (χ0n) is 15.1. The number of allylic oxidation sites excluding steroid dienone is 3. The summed E-state index contributed by atoms with van der Waals surface area (Å²) in [4.78, 5) is 0. The van der Waals surface area contributed by atoms with Crippen LogP contribution in [-0.2, 0) is 4.74 Å². The number of ether oxygens (including phenoxy) is 1. The van der Waals surface area contributed by atoms with Gasteiger partial charge in [0.05, 0.1) is 5.92 Å². The van der Waals surface area contributed by atoms with Crippen LogP contribution in [0.25, 0.3) is 0 Å². The summed E-state index contributed by atoms with van der Waals surface area (Å²) in [6.07, 6.45) is -0.176. The van der Waals surface area contributed by atoms with E-state index in [1.54, 1.807) is 0 Å². The Bertz CT molecular complexity index is 542. The summed E-state index contributed by atoms with van der Waals surface area (Å²) in [7, 11) is 0. The first-order valence-electron chi connectivity index (χ1n) is 9.70. The monoisotopic (exact) mass is 378 g/mol. The maximum Gasteiger partial charge on any atom is 0.400 e. The number of hydrogen-bond acceptors (Lipinski definition) is 1. The van der Waals surface area contributed by atoms with Crippen LogP contribution in [0.15, 0.2) is 23.7 Å². The van der Waals surface area contributed by atoms with Crippen LogP contribution >= 0.6 is 0 Å². The molecule has 3 aliphatic carbocycles. The highest BCUT2D eigenvalue weighted by Crippen LogP contribution is 2.46. The molecule has 26 heavy (non-hydrogen) atoms. The summed E-state index contributed by atoms with van der Waals surface area (Å²) in [6, 6.07) is 0. The first-order chi connectivity index (χ1) is 12.3. The minimum atomic E-state index is -3.50. The summed E-state index contributed by atoms with van der Waals surface area (Å²) < 4.78 is 73.1. The van der Waals surface area contributed by atoms with Crippen molar-refractivity contribution in [3.63, 3.8) is 0 Å². The second kappa shape index (κ2) is 7.89. The van der Waals surface area contributed by atoms with Gasteiger partial charge >= 0.3 is 6.11 Å². The van der Waals surface area contributed by atoms with Gasteiger partial charge in [0.1, 0.15) is 11.6 Å². The zero-order chi connectivity index (χ0) is 18.9. The molecule has 3 aliphatic rings. The normalized spacial score (nSPS) is 39.2. The number of alkyl halides is 4. The summed E-state index contributed by atoms with van der Waals surface area (Å²) in [6.45, 7) is 2.26. The Hall–Kier alpha value is -1.07. The van der Waals surface area contributed by atoms with Gasteiger partial charge in [-0.25, -0.2) is 13.2 Å². The Balaban J connectivity index is 1.54. The molecule has 0 spiro atoms. The smallest absolute Gasteiger partial charge is 0.400 e. The molecule has 6 heteroatoms. The third kappa shape index (κ3) is 4.42. The summed E-state index contributed by atoms with van der Waals surface area (Å²) in [5, 5.41) is 0. The first kappa shape index (κ1) is 19.7. The molecule has 0 aromatic rings. The van der Waals surface area contributed by atoms with E-state index in [0.29, 0.717) is 36.8 Å². The molecule has 2 atom stereocenters. The second-order valence-electron chi connectivity index (χ2n) is 8.24. The van der Waals surface area contributed by atoms with Gasteiger partial charge in [0.2, 0.25) is 0 Å². The van der Waals surface area contributed by atoms with Crippen LogP contribution in [-0.4, -0.2) is 18.5 Å². The molecule has 0 aromatic heterocycles. The average molecular weight is 378 g/mol. The Morgan fingerprint density at radius 1 is 0.923 bits per heavy atom. The van der Waals surface area contributed by atoms with Crippen LogP contribution in [0.4, 0.5) is 22.0 Å². The van der Waals surface area contributed by atoms with Crippen LogP contribution < -0.4 is 0 Å². The number of halogens is 5. The third-order valence-corrected chi connectivity index (χ3v) is 6.37. The van der Waals surface area contributed by atoms with Crippen molar-refractivity contribution in [3.8, 4) is 0 Å². The second-order valence-corrected chi connectivity index (χ2v) is 8.24. The minimum Gasteiger partial charge on any atom is -0.433 e. The molecule has 0 aromatic carbocycles. The van der Waals surface area contributed by atoms with E-state index < -0.39 is 36.0 Å². The molecular formula is C20H27F5O. The van der Waals surface area contributed by atoms with Crippen molar-refractivity contribution in [1.82, 2.24) is 0 Å². The molecule has 2 unspecified atom stereocenters. The van der Waals surface area contributed by atoms with E-state index in [-0.39, 0.29) is 0 Å². The predicted octanol–water partition coefficient (Wildman–Crippen LogP) is 6.66. The predicted molar refractivity (Wildman–Crippen MR) is 89.7 cm³/mol. The third-order valence-electron chi connectivity index (χ3n) is 6.37. The average Bonchev–Trinajstić information content (AvgIpc) is 2.60. The van der Waals surface area contributed by atoms with Crippen molar-refractivity contribution in [2.45, 2.75) is 76.7 Å². The van der Waals surface area contributed by atoms with E-state index in [2.05, 4.69) is 11.7 Å². The van der Waals surface area contributed by atoms with E-state index in [4.69, 9.17) is 0 Å². The van der Waals surface area contributed by atoms with Crippen molar-refractivity contribution in [1.29, 1.82) is 0 Å². The fourth-order valence-electron chi connectivity index (χ4n) is 4.65. The molecular weight excluding hydrogens is 351 g/mol. The number of hydrogen-bond donors (Lipinski definition) is 0. The van der Waals surface area contributed by atoms with Gasteiger partial charge in [-0.3, -0.25) is 0 Å². The highest BCUT2D eigenvalue weighted by molar-refractivity contribution is 5.26. The number of rotatable bonds is 4. The Kier molecular flexibility index (Phi) is 5.97. The molecule has 0 N–H and O–H groups in total. The molecule has 0 amide bonds. The fourth-order valence-corrected chi connectivity index (χ4v) is 4.65. The van der Waals surface area contributed by atoms with E-state index in [1.807, 2.05) is 0 Å². The maximum absolute atomic E-state index is 14.4. The SMILES string of the molecule is CC1CCC(C2CCC(C(F)(F)OC3=CC(F)C(F)C(F)=C3)CC2)CC1. The summed E-state index contributed by atoms with van der Waals surface area (Å²) in [5.74, 6) is -1.13. The van der Waals surface area contributed by atoms with Gasteiger partial charge in [-0.1, -0.05) is 19.8 Å². The Morgan fingerprint density at radius 3 is 2.00 bits per heavy atom. The molecule has 0 saturated heterocycles. The van der Waals surface area contributed by atoms with Gasteiger partial charge in [-0.15, -0.1) is 0 Å². The highest BCUT2D eigenvalue weighted by Gasteiger charge is 2.46. The Morgan fingerprint density at radius 2 is 1.46 bits per heavy atom. The van der Waals surface area contributed by atoms with E-state index in [1.165, 1.54) is 25.7 Å². The minimum absolute atomic E-state index is 0.341. The van der Waals surface area contributed by atoms with Crippen LogP contribution in [0, 0.1) is 23.7 Å². The van der Waals surface area contributed by atoms with Crippen molar-refractivity contribution in [2.75, 3.05) is 0 Å². The lowest BCUT2D eigenvalue weighted by Gasteiger charge is -2.39. The summed E-state index contributed by atoms with van der Waals surface area (Å²) in [5.41, 5.74) is 0. The van der Waals surface area contributed by atoms with Crippen molar-refractivity contribution < 1.29 is 26.7 Å². The van der Waals surface area contributed by atoms with Crippen molar-refractivity contribution >= 4 is 0 Å². The molecule has 0 radical (unpaired) electrons. The standard InChI is InChI=1S/C20H27F5O/c1-12-2-4-13(5-3-12)14-6-8-15(9-7-14)20(24,25)26-16-10-17(21)19(23)18(22)11-16/h10-15,17,19H,2-9H2,1H3. The lowest BCUT2D eigenvalue weighted by Crippen LogP contribution is -2.36. The molecule has 3 rings (SSSR count). The molecule has 148 valence electrons. The Labute approximate surface area is 151 Å². The molecule has 2 saturated carbocycles. The van der Waals surface area contributed by atoms with Gasteiger partial charge < -0.3 is 4.74 Å². The molecule has 1 nitrogen and oxygen atoms in total.